The molecule has 1 aliphatic heterocycles. The predicted molar refractivity (Wildman–Crippen MR) is 144 cm³/mol. The Morgan fingerprint density at radius 3 is 2.54 bits per heavy atom. The van der Waals surface area contributed by atoms with Gasteiger partial charge in [0.2, 0.25) is 0 Å². The molecule has 2 aliphatic rings. The number of allylic oxidation sites excluding steroid dienone is 2. The molecule has 1 aliphatic carbocycles. The molecule has 0 saturated heterocycles. The lowest BCUT2D eigenvalue weighted by atomic mass is 9.75. The molecule has 37 heavy (non-hydrogen) atoms. The Kier molecular flexibility index (Phi) is 7.35. The van der Waals surface area contributed by atoms with Crippen LogP contribution in [0.25, 0.3) is 0 Å². The van der Waals surface area contributed by atoms with Crippen molar-refractivity contribution in [1.29, 1.82) is 0 Å². The molecule has 3 aromatic carbocycles. The largest absolute Gasteiger partial charge is 0.493 e. The van der Waals surface area contributed by atoms with Gasteiger partial charge >= 0.3 is 6.18 Å². The maximum Gasteiger partial charge on any atom is 0.416 e. The van der Waals surface area contributed by atoms with Gasteiger partial charge in [0.1, 0.15) is 6.61 Å². The number of methoxy groups -OCH3 is 1. The molecule has 0 saturated carbocycles. The predicted octanol–water partition coefficient (Wildman–Crippen LogP) is 9.84. The first-order chi connectivity index (χ1) is 17.6. The Hall–Kier alpha value is -2.06. The van der Waals surface area contributed by atoms with Crippen molar-refractivity contribution in [2.45, 2.75) is 31.2 Å². The SMILES string of the molecule is COc1cc([C@@H]2Nc3c(Cl)ccc(C(F)(F)F)c3[C@@H]3C=CC[C@H]32)cc(Br)c1OCc1ccc(Cl)cc1Cl. The van der Waals surface area contributed by atoms with Gasteiger partial charge in [-0.2, -0.15) is 13.2 Å². The monoisotopic (exact) mass is 631 g/mol. The van der Waals surface area contributed by atoms with Crippen LogP contribution in [-0.4, -0.2) is 7.11 Å². The summed E-state index contributed by atoms with van der Waals surface area (Å²) in [5.41, 5.74) is 1.42. The molecule has 3 nitrogen and oxygen atoms in total. The van der Waals surface area contributed by atoms with Crippen molar-refractivity contribution in [2.24, 2.45) is 5.92 Å². The van der Waals surface area contributed by atoms with E-state index in [-0.39, 0.29) is 29.2 Å². The zero-order chi connectivity index (χ0) is 26.5. The maximum atomic E-state index is 13.9. The fraction of sp³-hybridized carbons (Fsp3) is 0.259. The summed E-state index contributed by atoms with van der Waals surface area (Å²) < 4.78 is 53.9. The Balaban J connectivity index is 1.50. The van der Waals surface area contributed by atoms with Crippen molar-refractivity contribution < 1.29 is 22.6 Å². The van der Waals surface area contributed by atoms with Gasteiger partial charge in [-0.15, -0.1) is 0 Å². The van der Waals surface area contributed by atoms with Crippen LogP contribution in [0.4, 0.5) is 18.9 Å². The summed E-state index contributed by atoms with van der Waals surface area (Å²) in [7, 11) is 1.53. The van der Waals surface area contributed by atoms with Crippen LogP contribution in [0.2, 0.25) is 15.1 Å². The van der Waals surface area contributed by atoms with E-state index in [9.17, 15) is 13.2 Å². The summed E-state index contributed by atoms with van der Waals surface area (Å²) in [5.74, 6) is 0.388. The molecule has 194 valence electrons. The van der Waals surface area contributed by atoms with Crippen molar-refractivity contribution in [1.82, 2.24) is 0 Å². The minimum absolute atomic E-state index is 0.136. The zero-order valence-electron chi connectivity index (χ0n) is 19.3. The van der Waals surface area contributed by atoms with Crippen LogP contribution in [0.3, 0.4) is 0 Å². The summed E-state index contributed by atoms with van der Waals surface area (Å²) in [6.45, 7) is 0.184. The summed E-state index contributed by atoms with van der Waals surface area (Å²) >= 11 is 22.3. The van der Waals surface area contributed by atoms with Gasteiger partial charge in [-0.25, -0.2) is 0 Å². The number of ether oxygens (including phenoxy) is 2. The van der Waals surface area contributed by atoms with Crippen molar-refractivity contribution in [3.63, 3.8) is 0 Å². The van der Waals surface area contributed by atoms with Gasteiger partial charge in [-0.1, -0.05) is 53.0 Å². The molecule has 3 aromatic rings. The molecule has 0 amide bonds. The van der Waals surface area contributed by atoms with Gasteiger partial charge in [0, 0.05) is 21.5 Å². The minimum Gasteiger partial charge on any atom is -0.493 e. The number of hydrogen-bond acceptors (Lipinski definition) is 3. The van der Waals surface area contributed by atoms with E-state index in [0.29, 0.717) is 38.1 Å². The second-order valence-corrected chi connectivity index (χ2v) is 11.0. The van der Waals surface area contributed by atoms with Crippen molar-refractivity contribution in [2.75, 3.05) is 12.4 Å². The Morgan fingerprint density at radius 1 is 1.05 bits per heavy atom. The molecule has 10 heteroatoms. The van der Waals surface area contributed by atoms with Gasteiger partial charge in [0.05, 0.1) is 33.9 Å². The number of benzene rings is 3. The molecule has 0 radical (unpaired) electrons. The van der Waals surface area contributed by atoms with Crippen LogP contribution >= 0.6 is 50.7 Å². The van der Waals surface area contributed by atoms with Crippen molar-refractivity contribution in [3.05, 3.63) is 96.4 Å². The summed E-state index contributed by atoms with van der Waals surface area (Å²) in [6.07, 6.45) is -0.0798. The number of halogens is 7. The lowest BCUT2D eigenvalue weighted by molar-refractivity contribution is -0.138. The number of nitrogens with one attached hydrogen (secondary N) is 1. The highest BCUT2D eigenvalue weighted by Gasteiger charge is 2.45. The Bertz CT molecular complexity index is 1400. The first-order valence-electron chi connectivity index (χ1n) is 11.4. The smallest absolute Gasteiger partial charge is 0.416 e. The molecule has 1 N–H and O–H groups in total. The highest BCUT2D eigenvalue weighted by molar-refractivity contribution is 9.10. The lowest BCUT2D eigenvalue weighted by Crippen LogP contribution is -2.31. The quantitative estimate of drug-likeness (QED) is 0.284. The molecule has 0 unspecified atom stereocenters. The van der Waals surface area contributed by atoms with Crippen LogP contribution in [0.1, 0.15) is 40.6 Å². The van der Waals surface area contributed by atoms with E-state index in [0.717, 1.165) is 17.2 Å². The third-order valence-electron chi connectivity index (χ3n) is 6.77. The molecular formula is C27H20BrCl3F3NO2. The molecule has 0 bridgehead atoms. The van der Waals surface area contributed by atoms with E-state index >= 15 is 0 Å². The molecular weight excluding hydrogens is 614 g/mol. The number of hydrogen-bond donors (Lipinski definition) is 1. The fourth-order valence-electron chi connectivity index (χ4n) is 5.10. The summed E-state index contributed by atoms with van der Waals surface area (Å²) in [6, 6.07) is 10.9. The summed E-state index contributed by atoms with van der Waals surface area (Å²) in [4.78, 5) is 0. The Morgan fingerprint density at radius 2 is 1.84 bits per heavy atom. The topological polar surface area (TPSA) is 30.5 Å². The normalized spacial score (nSPS) is 20.3. The fourth-order valence-corrected chi connectivity index (χ4v) is 6.36. The molecule has 3 atom stereocenters. The third kappa shape index (κ3) is 5.03. The van der Waals surface area contributed by atoms with Gasteiger partial charge in [-0.3, -0.25) is 0 Å². The van der Waals surface area contributed by atoms with Gasteiger partial charge < -0.3 is 14.8 Å². The second kappa shape index (κ2) is 10.3. The van der Waals surface area contributed by atoms with E-state index in [4.69, 9.17) is 44.3 Å². The average Bonchev–Trinajstić information content (AvgIpc) is 3.33. The highest BCUT2D eigenvalue weighted by atomic mass is 79.9. The molecule has 1 heterocycles. The van der Waals surface area contributed by atoms with E-state index < -0.39 is 17.7 Å². The lowest BCUT2D eigenvalue weighted by Gasteiger charge is -2.39. The number of rotatable bonds is 5. The minimum atomic E-state index is -4.48. The summed E-state index contributed by atoms with van der Waals surface area (Å²) in [5, 5.41) is 4.58. The highest BCUT2D eigenvalue weighted by Crippen LogP contribution is 2.55. The van der Waals surface area contributed by atoms with E-state index in [1.807, 2.05) is 24.3 Å². The molecule has 5 rings (SSSR count). The van der Waals surface area contributed by atoms with E-state index in [1.54, 1.807) is 18.2 Å². The molecule has 0 aromatic heterocycles. The van der Waals surface area contributed by atoms with Crippen LogP contribution in [-0.2, 0) is 12.8 Å². The van der Waals surface area contributed by atoms with Gasteiger partial charge in [0.25, 0.3) is 0 Å². The molecule has 0 fully saturated rings. The van der Waals surface area contributed by atoms with Gasteiger partial charge in [-0.05, 0) is 75.8 Å². The van der Waals surface area contributed by atoms with E-state index in [1.165, 1.54) is 13.2 Å². The maximum absolute atomic E-state index is 13.9. The van der Waals surface area contributed by atoms with E-state index in [2.05, 4.69) is 21.2 Å². The van der Waals surface area contributed by atoms with Crippen LogP contribution < -0.4 is 14.8 Å². The van der Waals surface area contributed by atoms with Crippen LogP contribution in [0.15, 0.2) is 59.1 Å². The standard InChI is InChI=1S/C27H20BrCl3F3NO2/c1-36-22-10-14(9-19(28)26(22)37-12-13-5-6-15(29)11-21(13)31)24-17-4-2-3-16(17)23-18(27(32,33)34)7-8-20(30)25(23)35-24/h2-3,5-11,16-17,24,35H,4,12H2,1H3/t16-,17-,24+/m1/s1. The second-order valence-electron chi connectivity index (χ2n) is 8.92. The van der Waals surface area contributed by atoms with Crippen LogP contribution in [0, 0.1) is 5.92 Å². The van der Waals surface area contributed by atoms with Gasteiger partial charge in [0.15, 0.2) is 11.5 Å². The zero-order valence-corrected chi connectivity index (χ0v) is 23.2. The number of alkyl halides is 3. The van der Waals surface area contributed by atoms with Crippen molar-refractivity contribution in [3.8, 4) is 11.5 Å². The Labute approximate surface area is 235 Å². The first kappa shape index (κ1) is 26.5. The average molecular weight is 634 g/mol. The van der Waals surface area contributed by atoms with Crippen LogP contribution in [0.5, 0.6) is 11.5 Å². The molecule has 0 spiro atoms. The first-order valence-corrected chi connectivity index (χ1v) is 13.3. The number of fused-ring (bicyclic) bond motifs is 3. The number of anilines is 1. The third-order valence-corrected chi connectivity index (χ3v) is 8.26. The van der Waals surface area contributed by atoms with Crippen molar-refractivity contribution >= 4 is 56.4 Å².